The van der Waals surface area contributed by atoms with Crippen LogP contribution in [0.4, 0.5) is 5.69 Å². The molecule has 1 fully saturated rings. The summed E-state index contributed by atoms with van der Waals surface area (Å²) in [5.74, 6) is 2.25. The van der Waals surface area contributed by atoms with Crippen LogP contribution in [0.15, 0.2) is 40.8 Å². The molecule has 1 amide bonds. The molecule has 0 radical (unpaired) electrons. The largest absolute Gasteiger partial charge is 0.465 e. The highest BCUT2D eigenvalue weighted by molar-refractivity contribution is 5.93. The smallest absolute Gasteiger partial charge is 0.227 e. The predicted octanol–water partition coefficient (Wildman–Crippen LogP) is 3.79. The zero-order valence-corrected chi connectivity index (χ0v) is 13.1. The van der Waals surface area contributed by atoms with E-state index in [-0.39, 0.29) is 17.9 Å². The molecule has 4 nitrogen and oxygen atoms in total. The molecule has 4 heteroatoms. The van der Waals surface area contributed by atoms with Gasteiger partial charge in [0.05, 0.1) is 6.54 Å². The Hall–Kier alpha value is -2.07. The van der Waals surface area contributed by atoms with Crippen molar-refractivity contribution < 1.29 is 9.21 Å². The highest BCUT2D eigenvalue weighted by atomic mass is 16.3. The molecule has 116 valence electrons. The second-order valence-corrected chi connectivity index (χ2v) is 6.00. The van der Waals surface area contributed by atoms with E-state index in [4.69, 9.17) is 4.42 Å². The average Bonchev–Trinajstić information content (AvgIpc) is 3.29. The summed E-state index contributed by atoms with van der Waals surface area (Å²) in [4.78, 5) is 11.7. The van der Waals surface area contributed by atoms with Crippen molar-refractivity contribution in [2.75, 3.05) is 5.32 Å². The Labute approximate surface area is 130 Å². The van der Waals surface area contributed by atoms with Crippen LogP contribution in [0.1, 0.15) is 42.9 Å². The minimum atomic E-state index is 0.145. The van der Waals surface area contributed by atoms with Gasteiger partial charge in [-0.25, -0.2) is 0 Å². The number of rotatable bonds is 6. The highest BCUT2D eigenvalue weighted by Gasteiger charge is 2.29. The molecule has 0 saturated heterocycles. The Morgan fingerprint density at radius 3 is 2.55 bits per heavy atom. The summed E-state index contributed by atoms with van der Waals surface area (Å²) in [6.07, 6.45) is 2.05. The summed E-state index contributed by atoms with van der Waals surface area (Å²) in [7, 11) is 0. The van der Waals surface area contributed by atoms with Gasteiger partial charge in [-0.2, -0.15) is 0 Å². The van der Waals surface area contributed by atoms with Crippen LogP contribution in [0, 0.1) is 12.8 Å². The van der Waals surface area contributed by atoms with Gasteiger partial charge in [0.25, 0.3) is 0 Å². The average molecular weight is 298 g/mol. The van der Waals surface area contributed by atoms with Gasteiger partial charge >= 0.3 is 0 Å². The third-order valence-electron chi connectivity index (χ3n) is 4.00. The van der Waals surface area contributed by atoms with Crippen molar-refractivity contribution >= 4 is 11.6 Å². The van der Waals surface area contributed by atoms with Gasteiger partial charge in [0.1, 0.15) is 11.5 Å². The van der Waals surface area contributed by atoms with Crippen LogP contribution in [0.5, 0.6) is 0 Å². The highest BCUT2D eigenvalue weighted by Crippen LogP contribution is 2.30. The number of benzene rings is 1. The molecule has 1 unspecified atom stereocenters. The molecular formula is C18H22N2O2. The number of aryl methyl sites for hydroxylation is 1. The minimum absolute atomic E-state index is 0.145. The van der Waals surface area contributed by atoms with Gasteiger partial charge < -0.3 is 15.1 Å². The maximum atomic E-state index is 11.7. The van der Waals surface area contributed by atoms with Crippen molar-refractivity contribution in [2.24, 2.45) is 5.92 Å². The van der Waals surface area contributed by atoms with Gasteiger partial charge in [0.2, 0.25) is 5.91 Å². The summed E-state index contributed by atoms with van der Waals surface area (Å²) >= 11 is 0. The molecule has 0 bridgehead atoms. The van der Waals surface area contributed by atoms with Crippen molar-refractivity contribution in [3.05, 3.63) is 53.5 Å². The van der Waals surface area contributed by atoms with Crippen LogP contribution in [0.3, 0.4) is 0 Å². The Balaban J connectivity index is 1.53. The monoisotopic (exact) mass is 298 g/mol. The van der Waals surface area contributed by atoms with Gasteiger partial charge in [0, 0.05) is 17.6 Å². The molecule has 1 aliphatic carbocycles. The van der Waals surface area contributed by atoms with Crippen LogP contribution in [-0.2, 0) is 11.3 Å². The Morgan fingerprint density at radius 2 is 1.95 bits per heavy atom. The first-order valence-corrected chi connectivity index (χ1v) is 7.81. The number of hydrogen-bond acceptors (Lipinski definition) is 3. The second-order valence-electron chi connectivity index (χ2n) is 6.00. The van der Waals surface area contributed by atoms with E-state index in [1.807, 2.05) is 43.3 Å². The Kier molecular flexibility index (Phi) is 4.29. The van der Waals surface area contributed by atoms with Crippen molar-refractivity contribution in [3.63, 3.8) is 0 Å². The van der Waals surface area contributed by atoms with E-state index in [1.165, 1.54) is 5.56 Å². The molecular weight excluding hydrogens is 276 g/mol. The van der Waals surface area contributed by atoms with Crippen molar-refractivity contribution in [1.82, 2.24) is 5.32 Å². The van der Waals surface area contributed by atoms with Crippen LogP contribution < -0.4 is 10.6 Å². The molecule has 1 saturated carbocycles. The molecule has 1 atom stereocenters. The lowest BCUT2D eigenvalue weighted by Gasteiger charge is -2.14. The zero-order valence-electron chi connectivity index (χ0n) is 13.1. The van der Waals surface area contributed by atoms with E-state index < -0.39 is 0 Å². The topological polar surface area (TPSA) is 54.3 Å². The fourth-order valence-corrected chi connectivity index (χ4v) is 2.40. The molecule has 1 aromatic heterocycles. The van der Waals surface area contributed by atoms with Crippen LogP contribution in [0.2, 0.25) is 0 Å². The number of hydrogen-bond donors (Lipinski definition) is 2. The molecule has 3 rings (SSSR count). The normalized spacial score (nSPS) is 15.5. The standard InChI is InChI=1S/C18H22N2O2/c1-12-3-10-17(22-12)11-19-13(2)14-6-8-16(9-7-14)20-18(21)15-4-5-15/h3,6-10,13,15,19H,4-5,11H2,1-2H3,(H,20,21). The first kappa shape index (κ1) is 14.9. The van der Waals surface area contributed by atoms with Crippen molar-refractivity contribution in [1.29, 1.82) is 0 Å². The molecule has 0 spiro atoms. The maximum absolute atomic E-state index is 11.7. The van der Waals surface area contributed by atoms with Crippen molar-refractivity contribution in [2.45, 2.75) is 39.3 Å². The predicted molar refractivity (Wildman–Crippen MR) is 86.5 cm³/mol. The molecule has 1 heterocycles. The van der Waals surface area contributed by atoms with Gasteiger partial charge in [-0.3, -0.25) is 4.79 Å². The summed E-state index contributed by atoms with van der Waals surface area (Å²) in [5, 5.41) is 6.39. The first-order chi connectivity index (χ1) is 10.6. The van der Waals surface area contributed by atoms with Crippen molar-refractivity contribution in [3.8, 4) is 0 Å². The summed E-state index contributed by atoms with van der Waals surface area (Å²) in [5.41, 5.74) is 2.06. The molecule has 2 aromatic rings. The van der Waals surface area contributed by atoms with Crippen LogP contribution in [-0.4, -0.2) is 5.91 Å². The molecule has 2 N–H and O–H groups in total. The minimum Gasteiger partial charge on any atom is -0.465 e. The summed E-state index contributed by atoms with van der Waals surface area (Å²) in [6.45, 7) is 4.77. The molecule has 22 heavy (non-hydrogen) atoms. The molecule has 1 aromatic carbocycles. The number of anilines is 1. The lowest BCUT2D eigenvalue weighted by Crippen LogP contribution is -2.18. The van der Waals surface area contributed by atoms with Gasteiger partial charge in [-0.05, 0) is 56.5 Å². The fraction of sp³-hybridized carbons (Fsp3) is 0.389. The number of carbonyl (C=O) groups is 1. The second kappa shape index (κ2) is 6.36. The SMILES string of the molecule is Cc1ccc(CNC(C)c2ccc(NC(=O)C3CC3)cc2)o1. The third kappa shape index (κ3) is 3.77. The number of furan rings is 1. The number of carbonyl (C=O) groups excluding carboxylic acids is 1. The zero-order chi connectivity index (χ0) is 15.5. The van der Waals surface area contributed by atoms with E-state index >= 15 is 0 Å². The van der Waals surface area contributed by atoms with E-state index in [0.29, 0.717) is 6.54 Å². The number of amides is 1. The van der Waals surface area contributed by atoms with Gasteiger partial charge in [0.15, 0.2) is 0 Å². The van der Waals surface area contributed by atoms with Crippen LogP contribution >= 0.6 is 0 Å². The van der Waals surface area contributed by atoms with E-state index in [2.05, 4.69) is 17.6 Å². The van der Waals surface area contributed by atoms with Gasteiger partial charge in [-0.1, -0.05) is 12.1 Å². The summed E-state index contributed by atoms with van der Waals surface area (Å²) < 4.78 is 5.55. The quantitative estimate of drug-likeness (QED) is 0.853. The van der Waals surface area contributed by atoms with E-state index in [0.717, 1.165) is 30.0 Å². The molecule has 1 aliphatic rings. The lowest BCUT2D eigenvalue weighted by atomic mass is 10.1. The lowest BCUT2D eigenvalue weighted by molar-refractivity contribution is -0.117. The van der Waals surface area contributed by atoms with E-state index in [9.17, 15) is 4.79 Å². The van der Waals surface area contributed by atoms with Gasteiger partial charge in [-0.15, -0.1) is 0 Å². The molecule has 0 aliphatic heterocycles. The first-order valence-electron chi connectivity index (χ1n) is 7.81. The Morgan fingerprint density at radius 1 is 1.23 bits per heavy atom. The third-order valence-corrected chi connectivity index (χ3v) is 4.00. The fourth-order valence-electron chi connectivity index (χ4n) is 2.40. The summed E-state index contributed by atoms with van der Waals surface area (Å²) in [6, 6.07) is 12.2. The Bertz CT molecular complexity index is 641. The van der Waals surface area contributed by atoms with Crippen LogP contribution in [0.25, 0.3) is 0 Å². The number of nitrogens with one attached hydrogen (secondary N) is 2. The van der Waals surface area contributed by atoms with E-state index in [1.54, 1.807) is 0 Å². The maximum Gasteiger partial charge on any atom is 0.227 e.